The third-order valence-electron chi connectivity index (χ3n) is 3.00. The number of nitrogens with two attached hydrogens (primary N) is 1. The molecule has 1 aromatic rings. The lowest BCUT2D eigenvalue weighted by Gasteiger charge is -2.23. The van der Waals surface area contributed by atoms with Crippen molar-refractivity contribution < 1.29 is 12.6 Å². The largest absolute Gasteiger partial charge is 0.399 e. The van der Waals surface area contributed by atoms with Gasteiger partial charge in [0.25, 0.3) is 10.1 Å². The Hall–Kier alpha value is -1.33. The van der Waals surface area contributed by atoms with Crippen LogP contribution in [0.1, 0.15) is 19.4 Å². The molecule has 92 valence electrons. The second kappa shape index (κ2) is 3.85. The van der Waals surface area contributed by atoms with Crippen molar-refractivity contribution in [2.24, 2.45) is 5.73 Å². The third kappa shape index (κ3) is 2.08. The molecule has 0 fully saturated rings. The molecule has 0 aromatic heterocycles. The van der Waals surface area contributed by atoms with E-state index < -0.39 is 15.7 Å². The monoisotopic (exact) mass is 253 g/mol. The lowest BCUT2D eigenvalue weighted by Crippen LogP contribution is -2.34. The van der Waals surface area contributed by atoms with Crippen LogP contribution >= 0.6 is 0 Å². The summed E-state index contributed by atoms with van der Waals surface area (Å²) in [7, 11) is -3.65. The predicted molar refractivity (Wildman–Crippen MR) is 65.4 cm³/mol. The molecule has 0 radical (unpaired) electrons. The zero-order valence-corrected chi connectivity index (χ0v) is 10.6. The van der Waals surface area contributed by atoms with Crippen LogP contribution in [0.15, 0.2) is 40.9 Å². The Bertz CT molecular complexity index is 563. The van der Waals surface area contributed by atoms with E-state index in [-0.39, 0.29) is 4.91 Å². The van der Waals surface area contributed by atoms with Gasteiger partial charge in [-0.15, -0.1) is 0 Å². The van der Waals surface area contributed by atoms with Gasteiger partial charge in [-0.3, -0.25) is 4.18 Å². The molecule has 1 atom stereocenters. The molecular formula is C12H15NO3S. The van der Waals surface area contributed by atoms with Crippen molar-refractivity contribution in [3.8, 4) is 0 Å². The molecular weight excluding hydrogens is 238 g/mol. The van der Waals surface area contributed by atoms with Crippen LogP contribution in [0, 0.1) is 0 Å². The summed E-state index contributed by atoms with van der Waals surface area (Å²) < 4.78 is 28.4. The van der Waals surface area contributed by atoms with Crippen molar-refractivity contribution in [3.63, 3.8) is 0 Å². The van der Waals surface area contributed by atoms with E-state index in [0.717, 1.165) is 5.56 Å². The Morgan fingerprint density at radius 2 is 1.88 bits per heavy atom. The van der Waals surface area contributed by atoms with Crippen molar-refractivity contribution in [1.29, 1.82) is 0 Å². The van der Waals surface area contributed by atoms with Crippen LogP contribution in [-0.4, -0.2) is 14.0 Å². The quantitative estimate of drug-likeness (QED) is 0.812. The Labute approximate surface area is 101 Å². The van der Waals surface area contributed by atoms with Gasteiger partial charge in [-0.05, 0) is 19.4 Å². The van der Waals surface area contributed by atoms with Crippen molar-refractivity contribution >= 4 is 10.1 Å². The summed E-state index contributed by atoms with van der Waals surface area (Å²) in [6.45, 7) is 3.17. The molecule has 0 unspecified atom stereocenters. The molecule has 1 aromatic carbocycles. The van der Waals surface area contributed by atoms with Gasteiger partial charge in [0.05, 0.1) is 10.6 Å². The molecule has 0 aliphatic carbocycles. The highest BCUT2D eigenvalue weighted by molar-refractivity contribution is 7.91. The number of allylic oxidation sites excluding steroid dienone is 1. The van der Waals surface area contributed by atoms with E-state index in [1.165, 1.54) is 6.92 Å². The van der Waals surface area contributed by atoms with Crippen LogP contribution in [0.5, 0.6) is 0 Å². The maximum Gasteiger partial charge on any atom is 0.295 e. The topological polar surface area (TPSA) is 69.4 Å². The second-order valence-corrected chi connectivity index (χ2v) is 6.09. The molecule has 0 amide bonds. The molecule has 2 N–H and O–H groups in total. The van der Waals surface area contributed by atoms with E-state index in [0.29, 0.717) is 12.1 Å². The Morgan fingerprint density at radius 3 is 2.35 bits per heavy atom. The van der Waals surface area contributed by atoms with Crippen LogP contribution in [0.4, 0.5) is 0 Å². The summed E-state index contributed by atoms with van der Waals surface area (Å²) in [5.74, 6) is 0. The van der Waals surface area contributed by atoms with Gasteiger partial charge in [0.1, 0.15) is 5.60 Å². The minimum atomic E-state index is -3.65. The first-order valence-corrected chi connectivity index (χ1v) is 6.72. The fourth-order valence-electron chi connectivity index (χ4n) is 1.97. The van der Waals surface area contributed by atoms with Crippen molar-refractivity contribution in [2.75, 3.05) is 0 Å². The van der Waals surface area contributed by atoms with Crippen molar-refractivity contribution in [1.82, 2.24) is 0 Å². The van der Waals surface area contributed by atoms with E-state index in [2.05, 4.69) is 0 Å². The summed E-state index contributed by atoms with van der Waals surface area (Å²) in [5.41, 5.74) is 6.17. The Morgan fingerprint density at radius 1 is 1.29 bits per heavy atom. The highest BCUT2D eigenvalue weighted by Gasteiger charge is 2.44. The van der Waals surface area contributed by atoms with E-state index in [4.69, 9.17) is 9.92 Å². The van der Waals surface area contributed by atoms with Gasteiger partial charge in [0, 0.05) is 6.42 Å². The molecule has 1 aliphatic rings. The highest BCUT2D eigenvalue weighted by atomic mass is 32.2. The molecule has 1 heterocycles. The second-order valence-electron chi connectivity index (χ2n) is 4.40. The average molecular weight is 253 g/mol. The molecule has 0 bridgehead atoms. The van der Waals surface area contributed by atoms with Crippen LogP contribution in [0.25, 0.3) is 0 Å². The molecule has 1 aliphatic heterocycles. The number of benzene rings is 1. The summed E-state index contributed by atoms with van der Waals surface area (Å²) in [4.78, 5) is 0.121. The number of hydrogen-bond acceptors (Lipinski definition) is 4. The van der Waals surface area contributed by atoms with E-state index in [9.17, 15) is 8.42 Å². The summed E-state index contributed by atoms with van der Waals surface area (Å²) >= 11 is 0. The minimum Gasteiger partial charge on any atom is -0.399 e. The average Bonchev–Trinajstić information content (AvgIpc) is 2.40. The Balaban J connectivity index is 2.35. The fraction of sp³-hybridized carbons (Fsp3) is 0.333. The first-order valence-electron chi connectivity index (χ1n) is 5.31. The lowest BCUT2D eigenvalue weighted by molar-refractivity contribution is 0.148. The summed E-state index contributed by atoms with van der Waals surface area (Å²) in [6, 6.07) is 9.54. The molecule has 0 spiro atoms. The van der Waals surface area contributed by atoms with E-state index >= 15 is 0 Å². The van der Waals surface area contributed by atoms with Gasteiger partial charge in [-0.25, -0.2) is 0 Å². The maximum absolute atomic E-state index is 11.6. The van der Waals surface area contributed by atoms with Crippen LogP contribution in [0.2, 0.25) is 0 Å². The highest BCUT2D eigenvalue weighted by Crippen LogP contribution is 2.36. The van der Waals surface area contributed by atoms with Gasteiger partial charge in [0.2, 0.25) is 0 Å². The summed E-state index contributed by atoms with van der Waals surface area (Å²) in [5, 5.41) is 0. The van der Waals surface area contributed by atoms with E-state index in [1.807, 2.05) is 30.3 Å². The molecule has 17 heavy (non-hydrogen) atoms. The first-order chi connectivity index (χ1) is 7.85. The van der Waals surface area contributed by atoms with Crippen molar-refractivity contribution in [3.05, 3.63) is 46.5 Å². The third-order valence-corrected chi connectivity index (χ3v) is 4.56. The van der Waals surface area contributed by atoms with Gasteiger partial charge < -0.3 is 5.73 Å². The molecule has 0 saturated carbocycles. The summed E-state index contributed by atoms with van der Waals surface area (Å²) in [6.07, 6.45) is 0.441. The van der Waals surface area contributed by atoms with Crippen molar-refractivity contribution in [2.45, 2.75) is 25.9 Å². The normalized spacial score (nSPS) is 27.4. The zero-order valence-electron chi connectivity index (χ0n) is 9.80. The molecule has 5 heteroatoms. The number of rotatable bonds is 2. The molecule has 0 saturated heterocycles. The van der Waals surface area contributed by atoms with Crippen LogP contribution in [-0.2, 0) is 20.7 Å². The first kappa shape index (κ1) is 12.1. The predicted octanol–water partition coefficient (Wildman–Crippen LogP) is 1.54. The smallest absolute Gasteiger partial charge is 0.295 e. The van der Waals surface area contributed by atoms with Gasteiger partial charge in [-0.1, -0.05) is 30.3 Å². The number of hydrogen-bond donors (Lipinski definition) is 1. The van der Waals surface area contributed by atoms with E-state index in [1.54, 1.807) is 6.92 Å². The zero-order chi connectivity index (χ0) is 12.7. The lowest BCUT2D eigenvalue weighted by atomic mass is 9.93. The van der Waals surface area contributed by atoms with Gasteiger partial charge in [-0.2, -0.15) is 8.42 Å². The maximum atomic E-state index is 11.6. The van der Waals surface area contributed by atoms with Crippen LogP contribution in [0.3, 0.4) is 0 Å². The standard InChI is InChI=1S/C12H15NO3S/c1-9-11(13)12(2,16-17(9,14)15)8-10-6-4-3-5-7-10/h3-7H,8,13H2,1-2H3/t12-/m1/s1. The van der Waals surface area contributed by atoms with Gasteiger partial charge >= 0.3 is 0 Å². The van der Waals surface area contributed by atoms with Crippen LogP contribution < -0.4 is 5.73 Å². The fourth-order valence-corrected chi connectivity index (χ4v) is 3.21. The SMILES string of the molecule is CC1=C(N)[C@@](C)(Cc2ccccc2)OS1(=O)=O. The molecule has 2 rings (SSSR count). The Kier molecular flexibility index (Phi) is 2.75. The minimum absolute atomic E-state index is 0.121. The molecule has 4 nitrogen and oxygen atoms in total. The van der Waals surface area contributed by atoms with Gasteiger partial charge in [0.15, 0.2) is 0 Å².